The molecular weight excluding hydrogens is 226 g/mol. The molecule has 0 aromatic rings. The second-order valence-electron chi connectivity index (χ2n) is 6.26. The van der Waals surface area contributed by atoms with Crippen molar-refractivity contribution in [3.63, 3.8) is 0 Å². The van der Waals surface area contributed by atoms with Crippen molar-refractivity contribution in [3.05, 3.63) is 0 Å². The third kappa shape index (κ3) is 4.22. The standard InChI is InChI=1S/C15H31NO2/c1-13(9-12-18-4)14(17)15(2,3)16-10-7-5-6-8-11-16/h13-14,17H,5-12H2,1-4H3. The van der Waals surface area contributed by atoms with Crippen molar-refractivity contribution in [1.29, 1.82) is 0 Å². The first kappa shape index (κ1) is 15.9. The van der Waals surface area contributed by atoms with E-state index < -0.39 is 0 Å². The smallest absolute Gasteiger partial charge is 0.0744 e. The number of ether oxygens (including phenoxy) is 1. The summed E-state index contributed by atoms with van der Waals surface area (Å²) in [6.07, 6.45) is 5.84. The van der Waals surface area contributed by atoms with Crippen LogP contribution >= 0.6 is 0 Å². The van der Waals surface area contributed by atoms with Gasteiger partial charge in [0.25, 0.3) is 0 Å². The zero-order chi connectivity index (χ0) is 13.6. The predicted octanol–water partition coefficient (Wildman–Crippen LogP) is 2.67. The second kappa shape index (κ2) is 7.46. The maximum absolute atomic E-state index is 10.6. The molecule has 1 aliphatic rings. The van der Waals surface area contributed by atoms with Gasteiger partial charge in [-0.3, -0.25) is 4.90 Å². The minimum atomic E-state index is -0.286. The van der Waals surface area contributed by atoms with E-state index in [1.807, 2.05) is 0 Å². The Balaban J connectivity index is 2.58. The summed E-state index contributed by atoms with van der Waals surface area (Å²) in [4.78, 5) is 2.48. The molecule has 0 spiro atoms. The number of methoxy groups -OCH3 is 1. The van der Waals surface area contributed by atoms with Crippen LogP contribution in [0.3, 0.4) is 0 Å². The van der Waals surface area contributed by atoms with Gasteiger partial charge in [0.15, 0.2) is 0 Å². The highest BCUT2D eigenvalue weighted by atomic mass is 16.5. The van der Waals surface area contributed by atoms with Crippen LogP contribution < -0.4 is 0 Å². The molecule has 2 atom stereocenters. The maximum Gasteiger partial charge on any atom is 0.0744 e. The first-order valence-electron chi connectivity index (χ1n) is 7.42. The lowest BCUT2D eigenvalue weighted by molar-refractivity contribution is -0.0428. The molecule has 108 valence electrons. The summed E-state index contributed by atoms with van der Waals surface area (Å²) in [6, 6.07) is 0. The van der Waals surface area contributed by atoms with Crippen LogP contribution in [-0.4, -0.2) is 48.5 Å². The first-order chi connectivity index (χ1) is 8.50. The molecule has 0 bridgehead atoms. The van der Waals surface area contributed by atoms with Crippen LogP contribution in [0.25, 0.3) is 0 Å². The Kier molecular flexibility index (Phi) is 6.61. The normalized spacial score (nSPS) is 22.5. The molecule has 0 aromatic carbocycles. The lowest BCUT2D eigenvalue weighted by atomic mass is 9.84. The molecule has 1 heterocycles. The first-order valence-corrected chi connectivity index (χ1v) is 7.42. The third-order valence-corrected chi connectivity index (χ3v) is 4.46. The molecule has 1 fully saturated rings. The van der Waals surface area contributed by atoms with E-state index in [2.05, 4.69) is 25.7 Å². The van der Waals surface area contributed by atoms with Crippen LogP contribution in [0.15, 0.2) is 0 Å². The lowest BCUT2D eigenvalue weighted by Gasteiger charge is -2.43. The topological polar surface area (TPSA) is 32.7 Å². The molecule has 1 aliphatic heterocycles. The van der Waals surface area contributed by atoms with Gasteiger partial charge in [0.05, 0.1) is 6.10 Å². The number of likely N-dealkylation sites (tertiary alicyclic amines) is 1. The number of hydrogen-bond acceptors (Lipinski definition) is 3. The number of aliphatic hydroxyl groups is 1. The van der Waals surface area contributed by atoms with Gasteiger partial charge in [-0.2, -0.15) is 0 Å². The highest BCUT2D eigenvalue weighted by Gasteiger charge is 2.37. The maximum atomic E-state index is 10.6. The summed E-state index contributed by atoms with van der Waals surface area (Å²) in [5, 5.41) is 10.6. The van der Waals surface area contributed by atoms with E-state index in [0.717, 1.165) is 26.1 Å². The van der Waals surface area contributed by atoms with Gasteiger partial charge in [-0.05, 0) is 52.1 Å². The van der Waals surface area contributed by atoms with Gasteiger partial charge in [0, 0.05) is 19.3 Å². The highest BCUT2D eigenvalue weighted by Crippen LogP contribution is 2.28. The molecule has 0 aliphatic carbocycles. The summed E-state index contributed by atoms with van der Waals surface area (Å²) >= 11 is 0. The molecule has 18 heavy (non-hydrogen) atoms. The van der Waals surface area contributed by atoms with E-state index in [9.17, 15) is 5.11 Å². The molecule has 0 amide bonds. The summed E-state index contributed by atoms with van der Waals surface area (Å²) in [6.45, 7) is 9.48. The number of hydrogen-bond donors (Lipinski definition) is 1. The minimum absolute atomic E-state index is 0.127. The van der Waals surface area contributed by atoms with E-state index in [0.29, 0.717) is 0 Å². The van der Waals surface area contributed by atoms with Crippen molar-refractivity contribution < 1.29 is 9.84 Å². The molecule has 1 rings (SSSR count). The van der Waals surface area contributed by atoms with Gasteiger partial charge in [-0.15, -0.1) is 0 Å². The van der Waals surface area contributed by atoms with Gasteiger partial charge in [0.2, 0.25) is 0 Å². The van der Waals surface area contributed by atoms with Crippen LogP contribution in [0.2, 0.25) is 0 Å². The van der Waals surface area contributed by atoms with Gasteiger partial charge in [0.1, 0.15) is 0 Å². The van der Waals surface area contributed by atoms with Gasteiger partial charge >= 0.3 is 0 Å². The van der Waals surface area contributed by atoms with E-state index in [-0.39, 0.29) is 17.6 Å². The van der Waals surface area contributed by atoms with Crippen molar-refractivity contribution in [1.82, 2.24) is 4.90 Å². The molecule has 0 saturated carbocycles. The third-order valence-electron chi connectivity index (χ3n) is 4.46. The number of aliphatic hydroxyl groups excluding tert-OH is 1. The van der Waals surface area contributed by atoms with Gasteiger partial charge in [-0.1, -0.05) is 19.8 Å². The van der Waals surface area contributed by atoms with Crippen molar-refractivity contribution in [2.24, 2.45) is 5.92 Å². The fourth-order valence-electron chi connectivity index (χ4n) is 2.99. The Hall–Kier alpha value is -0.120. The van der Waals surface area contributed by atoms with Crippen LogP contribution in [0.1, 0.15) is 52.9 Å². The lowest BCUT2D eigenvalue weighted by Crippen LogP contribution is -2.55. The van der Waals surface area contributed by atoms with Crippen LogP contribution in [0.5, 0.6) is 0 Å². The summed E-state index contributed by atoms with van der Waals surface area (Å²) < 4.78 is 5.12. The Labute approximate surface area is 113 Å². The zero-order valence-corrected chi connectivity index (χ0v) is 12.6. The SMILES string of the molecule is COCCC(C)C(O)C(C)(C)N1CCCCCC1. The van der Waals surface area contributed by atoms with E-state index >= 15 is 0 Å². The predicted molar refractivity (Wildman–Crippen MR) is 75.8 cm³/mol. The molecule has 1 saturated heterocycles. The van der Waals surface area contributed by atoms with Crippen molar-refractivity contribution in [2.75, 3.05) is 26.8 Å². The summed E-state index contributed by atoms with van der Waals surface area (Å²) in [5.41, 5.74) is -0.127. The molecule has 3 nitrogen and oxygen atoms in total. The van der Waals surface area contributed by atoms with E-state index in [4.69, 9.17) is 4.74 Å². The fourth-order valence-corrected chi connectivity index (χ4v) is 2.99. The Morgan fingerprint density at radius 3 is 2.22 bits per heavy atom. The average Bonchev–Trinajstić information content (AvgIpc) is 2.64. The average molecular weight is 257 g/mol. The van der Waals surface area contributed by atoms with Crippen molar-refractivity contribution in [2.45, 2.75) is 64.5 Å². The van der Waals surface area contributed by atoms with Crippen molar-refractivity contribution >= 4 is 0 Å². The molecule has 0 radical (unpaired) electrons. The monoisotopic (exact) mass is 257 g/mol. The quantitative estimate of drug-likeness (QED) is 0.794. The van der Waals surface area contributed by atoms with Crippen molar-refractivity contribution in [3.8, 4) is 0 Å². The van der Waals surface area contributed by atoms with Crippen LogP contribution in [-0.2, 0) is 4.74 Å². The molecular formula is C15H31NO2. The molecule has 1 N–H and O–H groups in total. The summed E-state index contributed by atoms with van der Waals surface area (Å²) in [7, 11) is 1.72. The largest absolute Gasteiger partial charge is 0.391 e. The Bertz CT molecular complexity index is 223. The number of nitrogens with zero attached hydrogens (tertiary/aromatic N) is 1. The Morgan fingerprint density at radius 2 is 1.72 bits per heavy atom. The highest BCUT2D eigenvalue weighted by molar-refractivity contribution is 4.92. The molecule has 2 unspecified atom stereocenters. The molecule has 3 heteroatoms. The fraction of sp³-hybridized carbons (Fsp3) is 1.00. The summed E-state index contributed by atoms with van der Waals surface area (Å²) in [5.74, 6) is 0.281. The molecule has 0 aromatic heterocycles. The second-order valence-corrected chi connectivity index (χ2v) is 6.26. The van der Waals surface area contributed by atoms with Crippen LogP contribution in [0, 0.1) is 5.92 Å². The zero-order valence-electron chi connectivity index (χ0n) is 12.6. The minimum Gasteiger partial charge on any atom is -0.391 e. The van der Waals surface area contributed by atoms with E-state index in [1.54, 1.807) is 7.11 Å². The number of rotatable bonds is 6. The van der Waals surface area contributed by atoms with E-state index in [1.165, 1.54) is 25.7 Å². The Morgan fingerprint density at radius 1 is 1.17 bits per heavy atom. The van der Waals surface area contributed by atoms with Gasteiger partial charge < -0.3 is 9.84 Å². The van der Waals surface area contributed by atoms with Crippen LogP contribution in [0.4, 0.5) is 0 Å². The van der Waals surface area contributed by atoms with Gasteiger partial charge in [-0.25, -0.2) is 0 Å².